The minimum Gasteiger partial charge on any atom is -0.381 e. The molecule has 6 rings (SSSR count). The predicted molar refractivity (Wildman–Crippen MR) is 138 cm³/mol. The van der Waals surface area contributed by atoms with Gasteiger partial charge in [0.2, 0.25) is 0 Å². The average molecular weight is 503 g/mol. The van der Waals surface area contributed by atoms with Gasteiger partial charge in [0.1, 0.15) is 0 Å². The largest absolute Gasteiger partial charge is 0.381 e. The zero-order valence-corrected chi connectivity index (χ0v) is 20.1. The van der Waals surface area contributed by atoms with Gasteiger partial charge in [0.15, 0.2) is 0 Å². The molecular formula is C28H27BrN2O2. The van der Waals surface area contributed by atoms with Gasteiger partial charge in [-0.25, -0.2) is 0 Å². The van der Waals surface area contributed by atoms with E-state index in [1.807, 2.05) is 12.1 Å². The fourth-order valence-corrected chi connectivity index (χ4v) is 4.77. The second-order valence-electron chi connectivity index (χ2n) is 8.59. The molecule has 0 amide bonds. The first kappa shape index (κ1) is 22.2. The van der Waals surface area contributed by atoms with E-state index < -0.39 is 0 Å². The molecule has 33 heavy (non-hydrogen) atoms. The molecule has 4 nitrogen and oxygen atoms in total. The van der Waals surface area contributed by atoms with Crippen LogP contribution in [0.3, 0.4) is 0 Å². The Labute approximate surface area is 202 Å². The molecule has 2 fully saturated rings. The van der Waals surface area contributed by atoms with Crippen LogP contribution >= 0.6 is 15.9 Å². The Balaban J connectivity index is 0.000000139. The van der Waals surface area contributed by atoms with Gasteiger partial charge < -0.3 is 9.47 Å². The van der Waals surface area contributed by atoms with Crippen molar-refractivity contribution in [1.82, 2.24) is 9.97 Å². The fourth-order valence-electron chi connectivity index (χ4n) is 4.39. The standard InChI is InChI=1S/C15H15NO.C13H12BrNO/c1-2-11-3-5-14-12(9-11)4-6-15(16-14)13-7-8-17-10-13;14-11-2-4-12-9(7-11)1-3-13(15-12)10-5-6-16-8-10/h2-6,9,13H,1,7-8,10H2;1-4,7,10H,5-6,8H2/t13-;10-/m00/s1. The first-order valence-corrected chi connectivity index (χ1v) is 12.2. The van der Waals surface area contributed by atoms with E-state index in [0.717, 1.165) is 71.7 Å². The zero-order chi connectivity index (χ0) is 22.6. The van der Waals surface area contributed by atoms with Crippen LogP contribution in [0.15, 0.2) is 71.7 Å². The number of pyridine rings is 2. The summed E-state index contributed by atoms with van der Waals surface area (Å²) in [5.74, 6) is 0.950. The van der Waals surface area contributed by atoms with Crippen LogP contribution < -0.4 is 0 Å². The van der Waals surface area contributed by atoms with Crippen molar-refractivity contribution in [2.24, 2.45) is 0 Å². The van der Waals surface area contributed by atoms with E-state index in [9.17, 15) is 0 Å². The van der Waals surface area contributed by atoms with E-state index in [0.29, 0.717) is 11.8 Å². The highest BCUT2D eigenvalue weighted by molar-refractivity contribution is 9.10. The van der Waals surface area contributed by atoms with Crippen molar-refractivity contribution < 1.29 is 9.47 Å². The van der Waals surface area contributed by atoms with Crippen molar-refractivity contribution in [2.45, 2.75) is 24.7 Å². The van der Waals surface area contributed by atoms with Crippen molar-refractivity contribution in [3.63, 3.8) is 0 Å². The van der Waals surface area contributed by atoms with Gasteiger partial charge in [-0.05, 0) is 60.9 Å². The maximum Gasteiger partial charge on any atom is 0.0706 e. The summed E-state index contributed by atoms with van der Waals surface area (Å²) in [6, 6.07) is 20.9. The lowest BCUT2D eigenvalue weighted by atomic mass is 10.0. The molecule has 2 atom stereocenters. The van der Waals surface area contributed by atoms with Gasteiger partial charge >= 0.3 is 0 Å². The highest BCUT2D eigenvalue weighted by atomic mass is 79.9. The molecule has 4 aromatic rings. The third kappa shape index (κ3) is 5.16. The Kier molecular flexibility index (Phi) is 6.81. The third-order valence-electron chi connectivity index (χ3n) is 6.34. The van der Waals surface area contributed by atoms with E-state index in [1.165, 1.54) is 10.8 Å². The van der Waals surface area contributed by atoms with E-state index in [1.54, 1.807) is 0 Å². The summed E-state index contributed by atoms with van der Waals surface area (Å²) in [6.45, 7) is 7.13. The Morgan fingerprint density at radius 3 is 1.88 bits per heavy atom. The highest BCUT2D eigenvalue weighted by Gasteiger charge is 2.20. The molecule has 2 aliphatic rings. The van der Waals surface area contributed by atoms with Crippen LogP contribution in [-0.2, 0) is 9.47 Å². The number of benzene rings is 2. The molecule has 2 aromatic carbocycles. The number of nitrogens with zero attached hydrogens (tertiary/aromatic N) is 2. The van der Waals surface area contributed by atoms with Crippen LogP contribution in [0.4, 0.5) is 0 Å². The van der Waals surface area contributed by atoms with Gasteiger partial charge in [0.25, 0.3) is 0 Å². The number of rotatable bonds is 3. The number of fused-ring (bicyclic) bond motifs is 2. The Morgan fingerprint density at radius 1 is 0.758 bits per heavy atom. The molecule has 0 bridgehead atoms. The highest BCUT2D eigenvalue weighted by Crippen LogP contribution is 2.27. The molecule has 0 radical (unpaired) electrons. The maximum atomic E-state index is 5.41. The Morgan fingerprint density at radius 2 is 1.33 bits per heavy atom. The van der Waals surface area contributed by atoms with Crippen molar-refractivity contribution >= 4 is 43.8 Å². The van der Waals surface area contributed by atoms with Crippen LogP contribution in [0.2, 0.25) is 0 Å². The second kappa shape index (κ2) is 10.1. The molecule has 4 heterocycles. The lowest BCUT2D eigenvalue weighted by Crippen LogP contribution is -2.00. The van der Waals surface area contributed by atoms with Gasteiger partial charge in [-0.3, -0.25) is 9.97 Å². The van der Waals surface area contributed by atoms with Crippen molar-refractivity contribution in [1.29, 1.82) is 0 Å². The van der Waals surface area contributed by atoms with Crippen LogP contribution in [-0.4, -0.2) is 36.4 Å². The number of halogens is 1. The van der Waals surface area contributed by atoms with E-state index in [4.69, 9.17) is 19.4 Å². The van der Waals surface area contributed by atoms with Gasteiger partial charge in [-0.1, -0.05) is 46.8 Å². The van der Waals surface area contributed by atoms with Gasteiger partial charge in [-0.15, -0.1) is 0 Å². The van der Waals surface area contributed by atoms with Crippen molar-refractivity contribution in [2.75, 3.05) is 26.4 Å². The Hall–Kier alpha value is -2.60. The van der Waals surface area contributed by atoms with Gasteiger partial charge in [-0.2, -0.15) is 0 Å². The van der Waals surface area contributed by atoms with Gasteiger partial charge in [0, 0.05) is 51.7 Å². The third-order valence-corrected chi connectivity index (χ3v) is 6.83. The summed E-state index contributed by atoms with van der Waals surface area (Å²) in [5.41, 5.74) is 5.57. The lowest BCUT2D eigenvalue weighted by molar-refractivity contribution is 0.193. The molecule has 2 saturated heterocycles. The number of hydrogen-bond donors (Lipinski definition) is 0. The zero-order valence-electron chi connectivity index (χ0n) is 18.5. The fraction of sp³-hybridized carbons (Fsp3) is 0.286. The lowest BCUT2D eigenvalue weighted by Gasteiger charge is -2.08. The van der Waals surface area contributed by atoms with E-state index in [-0.39, 0.29) is 0 Å². The van der Waals surface area contributed by atoms with Crippen LogP contribution in [0.5, 0.6) is 0 Å². The molecule has 0 unspecified atom stereocenters. The molecule has 0 aliphatic carbocycles. The molecule has 168 valence electrons. The number of ether oxygens (including phenoxy) is 2. The van der Waals surface area contributed by atoms with Crippen molar-refractivity contribution in [3.8, 4) is 0 Å². The quantitative estimate of drug-likeness (QED) is 0.306. The van der Waals surface area contributed by atoms with Crippen LogP contribution in [0.1, 0.15) is 41.6 Å². The summed E-state index contributed by atoms with van der Waals surface area (Å²) >= 11 is 3.47. The molecule has 2 aromatic heterocycles. The Bertz CT molecular complexity index is 1280. The van der Waals surface area contributed by atoms with E-state index in [2.05, 4.69) is 77.1 Å². The number of hydrogen-bond acceptors (Lipinski definition) is 4. The predicted octanol–water partition coefficient (Wildman–Crippen LogP) is 6.88. The summed E-state index contributed by atoms with van der Waals surface area (Å²) in [6.07, 6.45) is 4.04. The molecule has 0 saturated carbocycles. The maximum absolute atomic E-state index is 5.41. The molecule has 5 heteroatoms. The first-order chi connectivity index (χ1) is 16.2. The molecule has 0 spiro atoms. The first-order valence-electron chi connectivity index (χ1n) is 11.4. The van der Waals surface area contributed by atoms with Crippen LogP contribution in [0.25, 0.3) is 27.9 Å². The topological polar surface area (TPSA) is 44.2 Å². The second-order valence-corrected chi connectivity index (χ2v) is 9.50. The molecular weight excluding hydrogens is 476 g/mol. The van der Waals surface area contributed by atoms with Crippen LogP contribution in [0, 0.1) is 0 Å². The molecule has 0 N–H and O–H groups in total. The van der Waals surface area contributed by atoms with E-state index >= 15 is 0 Å². The smallest absolute Gasteiger partial charge is 0.0706 e. The summed E-state index contributed by atoms with van der Waals surface area (Å²) < 4.78 is 11.9. The minimum atomic E-state index is 0.471. The minimum absolute atomic E-state index is 0.471. The average Bonchev–Trinajstić information content (AvgIpc) is 3.58. The molecule has 2 aliphatic heterocycles. The monoisotopic (exact) mass is 502 g/mol. The summed E-state index contributed by atoms with van der Waals surface area (Å²) in [7, 11) is 0. The normalized spacial score (nSPS) is 20.0. The summed E-state index contributed by atoms with van der Waals surface area (Å²) in [4.78, 5) is 9.42. The van der Waals surface area contributed by atoms with Gasteiger partial charge in [0.05, 0.1) is 24.2 Å². The number of aromatic nitrogens is 2. The van der Waals surface area contributed by atoms with Crippen molar-refractivity contribution in [3.05, 3.63) is 88.7 Å². The summed E-state index contributed by atoms with van der Waals surface area (Å²) in [5, 5.41) is 2.35. The SMILES string of the molecule is Brc1ccc2nc([C@H]3CCOC3)ccc2c1.C=Cc1ccc2nc([C@H]3CCOC3)ccc2c1.